The number of aliphatic imine (C=N–C) groups is 1. The number of guanidine groups is 1. The summed E-state index contributed by atoms with van der Waals surface area (Å²) in [5.41, 5.74) is 0. The number of likely N-dealkylation sites (N-methyl/N-ethyl adjacent to an activating group) is 1. The topological polar surface area (TPSA) is 34.1 Å². The minimum atomic E-state index is 0. The van der Waals surface area contributed by atoms with E-state index in [1.54, 1.807) is 0 Å². The third-order valence-corrected chi connectivity index (χ3v) is 4.09. The summed E-state index contributed by atoms with van der Waals surface area (Å²) in [6.45, 7) is 14.5. The molecule has 0 aromatic carbocycles. The van der Waals surface area contributed by atoms with Crippen molar-refractivity contribution in [3.63, 3.8) is 0 Å². The number of halogens is 1. The van der Waals surface area contributed by atoms with E-state index in [2.05, 4.69) is 47.6 Å². The zero-order chi connectivity index (χ0) is 16.2. The van der Waals surface area contributed by atoms with Crippen LogP contribution < -0.4 is 5.32 Å². The second-order valence-electron chi connectivity index (χ2n) is 6.09. The van der Waals surface area contributed by atoms with Gasteiger partial charge < -0.3 is 20.0 Å². The number of nitrogens with zero attached hydrogens (tertiary/aromatic N) is 4. The molecule has 1 heterocycles. The van der Waals surface area contributed by atoms with Crippen LogP contribution in [0, 0.1) is 0 Å². The van der Waals surface area contributed by atoms with E-state index >= 15 is 0 Å². The number of rotatable bonds is 8. The van der Waals surface area contributed by atoms with E-state index < -0.39 is 0 Å². The van der Waals surface area contributed by atoms with Gasteiger partial charge in [-0.25, -0.2) is 0 Å². The van der Waals surface area contributed by atoms with Crippen molar-refractivity contribution in [2.75, 3.05) is 66.5 Å². The fourth-order valence-electron chi connectivity index (χ4n) is 2.67. The first-order chi connectivity index (χ1) is 10.7. The maximum absolute atomic E-state index is 4.79. The van der Waals surface area contributed by atoms with Gasteiger partial charge in [0.25, 0.3) is 0 Å². The minimum Gasteiger partial charge on any atom is -0.357 e. The Morgan fingerprint density at radius 3 is 2.78 bits per heavy atom. The molecule has 1 saturated heterocycles. The average molecular weight is 437 g/mol. The summed E-state index contributed by atoms with van der Waals surface area (Å²) in [6.07, 6.45) is 5.43. The molecule has 1 aliphatic heterocycles. The summed E-state index contributed by atoms with van der Waals surface area (Å²) in [5, 5.41) is 3.39. The van der Waals surface area contributed by atoms with Crippen LogP contribution in [0.25, 0.3) is 0 Å². The van der Waals surface area contributed by atoms with Gasteiger partial charge in [-0.3, -0.25) is 4.99 Å². The van der Waals surface area contributed by atoms with Crippen LogP contribution >= 0.6 is 24.0 Å². The van der Waals surface area contributed by atoms with Crippen molar-refractivity contribution in [2.45, 2.75) is 26.2 Å². The Bertz CT molecular complexity index is 335. The first-order valence-electron chi connectivity index (χ1n) is 8.68. The van der Waals surface area contributed by atoms with E-state index in [1.165, 1.54) is 26.1 Å². The molecular formula is C17H36IN5. The molecule has 6 heteroatoms. The van der Waals surface area contributed by atoms with Crippen LogP contribution in [0.4, 0.5) is 0 Å². The molecular weight excluding hydrogens is 401 g/mol. The molecule has 0 amide bonds. The summed E-state index contributed by atoms with van der Waals surface area (Å²) in [4.78, 5) is 12.0. The molecule has 1 N–H and O–H groups in total. The van der Waals surface area contributed by atoms with Crippen molar-refractivity contribution in [2.24, 2.45) is 4.99 Å². The number of unbranched alkanes of at least 4 members (excludes halogenated alkanes) is 1. The first kappa shape index (κ1) is 22.7. The van der Waals surface area contributed by atoms with Gasteiger partial charge in [-0.05, 0) is 46.3 Å². The Labute approximate surface area is 160 Å². The lowest BCUT2D eigenvalue weighted by molar-refractivity contribution is 0.283. The zero-order valence-electron chi connectivity index (χ0n) is 15.3. The molecule has 0 spiro atoms. The number of hydrogen-bond acceptors (Lipinski definition) is 3. The summed E-state index contributed by atoms with van der Waals surface area (Å²) in [6, 6.07) is 0. The van der Waals surface area contributed by atoms with Crippen LogP contribution in [0.5, 0.6) is 0 Å². The molecule has 23 heavy (non-hydrogen) atoms. The van der Waals surface area contributed by atoms with Crippen LogP contribution in [-0.2, 0) is 0 Å². The van der Waals surface area contributed by atoms with E-state index in [9.17, 15) is 0 Å². The smallest absolute Gasteiger partial charge is 0.193 e. The quantitative estimate of drug-likeness (QED) is 0.207. The van der Waals surface area contributed by atoms with Crippen molar-refractivity contribution >= 4 is 29.9 Å². The lowest BCUT2D eigenvalue weighted by atomic mass is 10.3. The fourth-order valence-corrected chi connectivity index (χ4v) is 2.67. The average Bonchev–Trinajstić information content (AvgIpc) is 2.71. The molecule has 0 aliphatic carbocycles. The van der Waals surface area contributed by atoms with Gasteiger partial charge in [-0.2, -0.15) is 0 Å². The van der Waals surface area contributed by atoms with Gasteiger partial charge in [0.1, 0.15) is 0 Å². The molecule has 0 bridgehead atoms. The van der Waals surface area contributed by atoms with Crippen LogP contribution in [0.2, 0.25) is 0 Å². The molecule has 5 nitrogen and oxygen atoms in total. The van der Waals surface area contributed by atoms with E-state index in [0.717, 1.165) is 51.5 Å². The molecule has 0 radical (unpaired) electrons. The van der Waals surface area contributed by atoms with Gasteiger partial charge in [-0.15, -0.1) is 30.6 Å². The monoisotopic (exact) mass is 437 g/mol. The molecule has 0 atom stereocenters. The SMILES string of the molecule is C=CCCCN(C)C(=NCCN1CCCN(C)CC1)NCC.I. The van der Waals surface area contributed by atoms with Gasteiger partial charge in [0.05, 0.1) is 6.54 Å². The van der Waals surface area contributed by atoms with Gasteiger partial charge in [-0.1, -0.05) is 6.08 Å². The predicted octanol–water partition coefficient (Wildman–Crippen LogP) is 2.11. The van der Waals surface area contributed by atoms with Gasteiger partial charge in [0, 0.05) is 39.8 Å². The van der Waals surface area contributed by atoms with Crippen LogP contribution in [-0.4, -0.2) is 87.1 Å². The van der Waals surface area contributed by atoms with Crippen molar-refractivity contribution in [3.05, 3.63) is 12.7 Å². The normalized spacial score (nSPS) is 17.3. The van der Waals surface area contributed by atoms with Gasteiger partial charge in [0.2, 0.25) is 0 Å². The highest BCUT2D eigenvalue weighted by molar-refractivity contribution is 14.0. The van der Waals surface area contributed by atoms with Gasteiger partial charge >= 0.3 is 0 Å². The van der Waals surface area contributed by atoms with Crippen molar-refractivity contribution in [1.29, 1.82) is 0 Å². The number of hydrogen-bond donors (Lipinski definition) is 1. The summed E-state index contributed by atoms with van der Waals surface area (Å²) in [5.74, 6) is 1.03. The third-order valence-electron chi connectivity index (χ3n) is 4.09. The Morgan fingerprint density at radius 2 is 2.09 bits per heavy atom. The highest BCUT2D eigenvalue weighted by atomic mass is 127. The third kappa shape index (κ3) is 10.2. The fraction of sp³-hybridized carbons (Fsp3) is 0.824. The Kier molecular flexibility index (Phi) is 13.8. The molecule has 0 saturated carbocycles. The Hall–Kier alpha value is -0.340. The van der Waals surface area contributed by atoms with Crippen molar-refractivity contribution in [1.82, 2.24) is 20.0 Å². The van der Waals surface area contributed by atoms with E-state index in [1.807, 2.05) is 6.08 Å². The Morgan fingerprint density at radius 1 is 1.30 bits per heavy atom. The predicted molar refractivity (Wildman–Crippen MR) is 112 cm³/mol. The zero-order valence-corrected chi connectivity index (χ0v) is 17.6. The largest absolute Gasteiger partial charge is 0.357 e. The minimum absolute atomic E-state index is 0. The van der Waals surface area contributed by atoms with E-state index in [-0.39, 0.29) is 24.0 Å². The second-order valence-corrected chi connectivity index (χ2v) is 6.09. The maximum atomic E-state index is 4.79. The number of allylic oxidation sites excluding steroid dienone is 1. The highest BCUT2D eigenvalue weighted by Crippen LogP contribution is 2.01. The molecule has 0 aromatic rings. The lowest BCUT2D eigenvalue weighted by Crippen LogP contribution is -2.40. The Balaban J connectivity index is 0.00000484. The maximum Gasteiger partial charge on any atom is 0.193 e. The molecule has 1 fully saturated rings. The van der Waals surface area contributed by atoms with Crippen LogP contribution in [0.3, 0.4) is 0 Å². The standard InChI is InChI=1S/C17H35N5.HI/c1-5-7-8-12-21(4)17(18-6-2)19-10-14-22-13-9-11-20(3)15-16-22;/h5H,1,6-16H2,2-4H3,(H,18,19);1H. The highest BCUT2D eigenvalue weighted by Gasteiger charge is 2.11. The molecule has 1 aliphatic rings. The molecule has 1 rings (SSSR count). The summed E-state index contributed by atoms with van der Waals surface area (Å²) >= 11 is 0. The second kappa shape index (κ2) is 14.0. The molecule has 0 aromatic heterocycles. The molecule has 0 unspecified atom stereocenters. The van der Waals surface area contributed by atoms with E-state index in [0.29, 0.717) is 0 Å². The summed E-state index contributed by atoms with van der Waals surface area (Å²) in [7, 11) is 4.33. The van der Waals surface area contributed by atoms with Crippen molar-refractivity contribution in [3.8, 4) is 0 Å². The van der Waals surface area contributed by atoms with Crippen LogP contribution in [0.1, 0.15) is 26.2 Å². The number of nitrogens with one attached hydrogen (secondary N) is 1. The van der Waals surface area contributed by atoms with Crippen molar-refractivity contribution < 1.29 is 0 Å². The summed E-state index contributed by atoms with van der Waals surface area (Å²) < 4.78 is 0. The van der Waals surface area contributed by atoms with E-state index in [4.69, 9.17) is 4.99 Å². The molecule has 136 valence electrons. The first-order valence-corrected chi connectivity index (χ1v) is 8.68. The van der Waals surface area contributed by atoms with Crippen LogP contribution in [0.15, 0.2) is 17.6 Å². The lowest BCUT2D eigenvalue weighted by Gasteiger charge is -2.23. The van der Waals surface area contributed by atoms with Gasteiger partial charge in [0.15, 0.2) is 5.96 Å².